The van der Waals surface area contributed by atoms with Crippen molar-refractivity contribution in [2.45, 2.75) is 19.3 Å². The van der Waals surface area contributed by atoms with Gasteiger partial charge in [-0.15, -0.1) is 0 Å². The summed E-state index contributed by atoms with van der Waals surface area (Å²) in [7, 11) is 4.34. The van der Waals surface area contributed by atoms with Crippen molar-refractivity contribution in [3.05, 3.63) is 24.3 Å². The zero-order valence-corrected chi connectivity index (χ0v) is 13.9. The second-order valence-electron chi connectivity index (χ2n) is 5.90. The van der Waals surface area contributed by atoms with E-state index in [2.05, 4.69) is 53.9 Å². The van der Waals surface area contributed by atoms with Crippen LogP contribution in [0.3, 0.4) is 0 Å². The Kier molecular flexibility index (Phi) is 6.26. The first-order valence-electron chi connectivity index (χ1n) is 7.84. The van der Waals surface area contributed by atoms with Gasteiger partial charge in [0.2, 0.25) is 0 Å². The van der Waals surface area contributed by atoms with Crippen LogP contribution in [0.25, 0.3) is 0 Å². The molecule has 1 aromatic rings. The summed E-state index contributed by atoms with van der Waals surface area (Å²) < 4.78 is 0. The maximum Gasteiger partial charge on any atom is 0.170 e. The van der Waals surface area contributed by atoms with Gasteiger partial charge < -0.3 is 20.4 Å². The van der Waals surface area contributed by atoms with Gasteiger partial charge in [-0.25, -0.2) is 0 Å². The molecular formula is C16H27N4S+. The lowest BCUT2D eigenvalue weighted by molar-refractivity contribution is -0.858. The number of hydrogen-bond donors (Lipinski definition) is 3. The highest BCUT2D eigenvalue weighted by atomic mass is 32.1. The summed E-state index contributed by atoms with van der Waals surface area (Å²) in [6.07, 6.45) is 3.69. The molecule has 0 saturated carbocycles. The second kappa shape index (κ2) is 8.20. The fourth-order valence-corrected chi connectivity index (χ4v) is 2.84. The minimum Gasteiger partial charge on any atom is -0.370 e. The summed E-state index contributed by atoms with van der Waals surface area (Å²) in [5, 5.41) is 7.36. The van der Waals surface area contributed by atoms with Gasteiger partial charge >= 0.3 is 0 Å². The maximum atomic E-state index is 5.40. The molecule has 0 spiro atoms. The van der Waals surface area contributed by atoms with Gasteiger partial charge in [-0.2, -0.15) is 0 Å². The van der Waals surface area contributed by atoms with E-state index in [1.54, 1.807) is 0 Å². The average molecular weight is 307 g/mol. The number of nitrogens with one attached hydrogen (secondary N) is 3. The number of rotatable bonds is 6. The lowest BCUT2D eigenvalue weighted by Crippen LogP contribution is -3.05. The number of anilines is 2. The van der Waals surface area contributed by atoms with Gasteiger partial charge in [0.1, 0.15) is 0 Å². The van der Waals surface area contributed by atoms with Crippen LogP contribution >= 0.6 is 12.2 Å². The van der Waals surface area contributed by atoms with Crippen LogP contribution in [-0.4, -0.2) is 45.4 Å². The Labute approximate surface area is 133 Å². The molecule has 0 unspecified atom stereocenters. The van der Waals surface area contributed by atoms with E-state index in [9.17, 15) is 0 Å². The van der Waals surface area contributed by atoms with Crippen LogP contribution in [0.4, 0.5) is 11.4 Å². The quantitative estimate of drug-likeness (QED) is 0.543. The highest BCUT2D eigenvalue weighted by Gasteiger charge is 2.15. The molecule has 21 heavy (non-hydrogen) atoms. The summed E-state index contributed by atoms with van der Waals surface area (Å²) in [4.78, 5) is 3.90. The molecule has 1 heterocycles. The fourth-order valence-electron chi connectivity index (χ4n) is 2.62. The number of quaternary nitrogens is 1. The van der Waals surface area contributed by atoms with E-state index >= 15 is 0 Å². The van der Waals surface area contributed by atoms with Crippen molar-refractivity contribution in [3.63, 3.8) is 0 Å². The zero-order valence-electron chi connectivity index (χ0n) is 13.1. The third kappa shape index (κ3) is 5.17. The van der Waals surface area contributed by atoms with Crippen molar-refractivity contribution in [1.29, 1.82) is 0 Å². The van der Waals surface area contributed by atoms with Gasteiger partial charge in [0.05, 0.1) is 32.0 Å². The molecule has 0 radical (unpaired) electrons. The summed E-state index contributed by atoms with van der Waals surface area (Å²) in [5.74, 6) is 0. The maximum absolute atomic E-state index is 5.40. The second-order valence-corrected chi connectivity index (χ2v) is 6.31. The molecule has 0 aromatic heterocycles. The number of para-hydroxylation sites is 2. The normalized spacial score (nSPS) is 14.5. The Morgan fingerprint density at radius 2 is 1.95 bits per heavy atom. The first-order valence-corrected chi connectivity index (χ1v) is 8.25. The Balaban J connectivity index is 1.85. The van der Waals surface area contributed by atoms with Gasteiger partial charge in [0.25, 0.3) is 0 Å². The number of thiocarbonyl (C=S) groups is 1. The Morgan fingerprint density at radius 3 is 2.67 bits per heavy atom. The lowest BCUT2D eigenvalue weighted by Gasteiger charge is -2.22. The number of nitrogens with zero attached hydrogens (tertiary/aromatic N) is 1. The fraction of sp³-hybridized carbons (Fsp3) is 0.562. The van der Waals surface area contributed by atoms with Crippen LogP contribution in [0.15, 0.2) is 24.3 Å². The summed E-state index contributed by atoms with van der Waals surface area (Å²) in [5.41, 5.74) is 2.37. The Hall–Kier alpha value is -1.33. The van der Waals surface area contributed by atoms with Crippen LogP contribution in [0, 0.1) is 0 Å². The third-order valence-electron chi connectivity index (χ3n) is 3.74. The highest BCUT2D eigenvalue weighted by molar-refractivity contribution is 7.80. The topological polar surface area (TPSA) is 31.7 Å². The molecule has 0 amide bonds. The van der Waals surface area contributed by atoms with E-state index in [0.717, 1.165) is 43.4 Å². The van der Waals surface area contributed by atoms with Crippen LogP contribution < -0.4 is 20.4 Å². The molecule has 0 aliphatic carbocycles. The predicted molar refractivity (Wildman–Crippen MR) is 94.4 cm³/mol. The Morgan fingerprint density at radius 1 is 1.24 bits per heavy atom. The smallest absolute Gasteiger partial charge is 0.170 e. The minimum atomic E-state index is 0.718. The molecule has 3 N–H and O–H groups in total. The molecule has 0 atom stereocenters. The van der Waals surface area contributed by atoms with E-state index in [1.807, 2.05) is 0 Å². The van der Waals surface area contributed by atoms with Gasteiger partial charge in [-0.3, -0.25) is 0 Å². The first-order chi connectivity index (χ1) is 10.2. The molecule has 0 bridgehead atoms. The van der Waals surface area contributed by atoms with E-state index in [4.69, 9.17) is 12.2 Å². The van der Waals surface area contributed by atoms with Crippen molar-refractivity contribution < 1.29 is 4.90 Å². The van der Waals surface area contributed by atoms with E-state index < -0.39 is 0 Å². The first kappa shape index (κ1) is 16.0. The largest absolute Gasteiger partial charge is 0.370 e. The monoisotopic (exact) mass is 307 g/mol. The SMILES string of the molecule is C[NH+](C)CCCNC(=S)Nc1ccccc1N1CCCC1. The molecule has 1 fully saturated rings. The van der Waals surface area contributed by atoms with Gasteiger partial charge in [0.15, 0.2) is 5.11 Å². The average Bonchev–Trinajstić information content (AvgIpc) is 2.98. The molecule has 1 aliphatic rings. The van der Waals surface area contributed by atoms with Gasteiger partial charge in [0, 0.05) is 26.1 Å². The molecule has 1 aromatic carbocycles. The van der Waals surface area contributed by atoms with Crippen molar-refractivity contribution >= 4 is 28.7 Å². The van der Waals surface area contributed by atoms with E-state index in [1.165, 1.54) is 23.4 Å². The minimum absolute atomic E-state index is 0.718. The predicted octanol–water partition coefficient (Wildman–Crippen LogP) is 1.11. The van der Waals surface area contributed by atoms with Crippen molar-refractivity contribution in [2.75, 3.05) is 50.5 Å². The van der Waals surface area contributed by atoms with Crippen molar-refractivity contribution in [1.82, 2.24) is 5.32 Å². The zero-order chi connectivity index (χ0) is 15.1. The number of hydrogen-bond acceptors (Lipinski definition) is 2. The molecule has 116 valence electrons. The van der Waals surface area contributed by atoms with Crippen LogP contribution in [0.1, 0.15) is 19.3 Å². The van der Waals surface area contributed by atoms with Crippen LogP contribution in [-0.2, 0) is 0 Å². The van der Waals surface area contributed by atoms with Crippen molar-refractivity contribution in [3.8, 4) is 0 Å². The molecule has 1 aliphatic heterocycles. The van der Waals surface area contributed by atoms with Crippen molar-refractivity contribution in [2.24, 2.45) is 0 Å². The third-order valence-corrected chi connectivity index (χ3v) is 3.98. The lowest BCUT2D eigenvalue weighted by atomic mass is 10.2. The molecular weight excluding hydrogens is 280 g/mol. The van der Waals surface area contributed by atoms with Crippen LogP contribution in [0.2, 0.25) is 0 Å². The van der Waals surface area contributed by atoms with Gasteiger partial charge in [-0.1, -0.05) is 12.1 Å². The summed E-state index contributed by atoms with van der Waals surface area (Å²) in [6, 6.07) is 8.42. The highest BCUT2D eigenvalue weighted by Crippen LogP contribution is 2.28. The molecule has 5 heteroatoms. The standard InChI is InChI=1S/C16H26N4S/c1-19(2)11-7-10-17-16(21)18-14-8-3-4-9-15(14)20-12-5-6-13-20/h3-4,8-9H,5-7,10-13H2,1-2H3,(H2,17,18,21)/p+1. The number of benzene rings is 1. The molecule has 1 saturated heterocycles. The summed E-state index contributed by atoms with van der Waals surface area (Å²) >= 11 is 5.40. The van der Waals surface area contributed by atoms with Gasteiger partial charge in [-0.05, 0) is 37.2 Å². The Bertz CT molecular complexity index is 455. The molecule has 4 nitrogen and oxygen atoms in total. The van der Waals surface area contributed by atoms with Crippen LogP contribution in [0.5, 0.6) is 0 Å². The van der Waals surface area contributed by atoms with E-state index in [0.29, 0.717) is 0 Å². The summed E-state index contributed by atoms with van der Waals surface area (Å²) in [6.45, 7) is 4.36. The molecule has 2 rings (SSSR count). The van der Waals surface area contributed by atoms with E-state index in [-0.39, 0.29) is 0 Å².